The van der Waals surface area contributed by atoms with E-state index in [1.165, 1.54) is 7.11 Å². The summed E-state index contributed by atoms with van der Waals surface area (Å²) in [7, 11) is 3.03. The van der Waals surface area contributed by atoms with E-state index in [0.29, 0.717) is 6.42 Å². The second-order valence-corrected chi connectivity index (χ2v) is 2.78. The van der Waals surface area contributed by atoms with Gasteiger partial charge in [-0.25, -0.2) is 0 Å². The van der Waals surface area contributed by atoms with Gasteiger partial charge in [0.2, 0.25) is 0 Å². The first kappa shape index (κ1) is 11.4. The van der Waals surface area contributed by atoms with Crippen molar-refractivity contribution in [3.05, 3.63) is 0 Å². The lowest BCUT2D eigenvalue weighted by Crippen LogP contribution is -2.16. The van der Waals surface area contributed by atoms with Crippen molar-refractivity contribution in [3.63, 3.8) is 0 Å². The predicted octanol–water partition coefficient (Wildman–Crippen LogP) is 1.75. The Morgan fingerprint density at radius 3 is 2.50 bits per heavy atom. The third-order valence-corrected chi connectivity index (χ3v) is 1.83. The summed E-state index contributed by atoms with van der Waals surface area (Å²) < 4.78 is 9.67. The molecule has 0 aliphatic heterocycles. The second kappa shape index (κ2) is 7.10. The van der Waals surface area contributed by atoms with Gasteiger partial charge in [0, 0.05) is 7.11 Å². The minimum absolute atomic E-state index is 0.0254. The average Bonchev–Trinajstić information content (AvgIpc) is 2.11. The molecule has 0 aromatic heterocycles. The Labute approximate surface area is 74.0 Å². The van der Waals surface area contributed by atoms with E-state index in [-0.39, 0.29) is 12.1 Å². The highest BCUT2D eigenvalue weighted by molar-refractivity contribution is 5.69. The fourth-order valence-electron chi connectivity index (χ4n) is 1.00. The normalized spacial score (nSPS) is 12.6. The Kier molecular flexibility index (Phi) is 6.76. The Morgan fingerprint density at radius 1 is 1.42 bits per heavy atom. The maximum atomic E-state index is 10.8. The van der Waals surface area contributed by atoms with Gasteiger partial charge in [0.05, 0.1) is 19.6 Å². The molecule has 0 N–H and O–H groups in total. The molecule has 0 aromatic rings. The van der Waals surface area contributed by atoms with Gasteiger partial charge in [-0.15, -0.1) is 0 Å². The molecule has 3 heteroatoms. The van der Waals surface area contributed by atoms with Crippen molar-refractivity contribution in [2.24, 2.45) is 0 Å². The molecule has 1 unspecified atom stereocenters. The summed E-state index contributed by atoms with van der Waals surface area (Å²) in [5, 5.41) is 0. The van der Waals surface area contributed by atoms with Crippen LogP contribution in [0, 0.1) is 0 Å². The van der Waals surface area contributed by atoms with Crippen molar-refractivity contribution >= 4 is 5.97 Å². The lowest BCUT2D eigenvalue weighted by Gasteiger charge is -2.12. The van der Waals surface area contributed by atoms with Crippen LogP contribution >= 0.6 is 0 Å². The van der Waals surface area contributed by atoms with E-state index in [1.54, 1.807) is 7.11 Å². The topological polar surface area (TPSA) is 35.5 Å². The summed E-state index contributed by atoms with van der Waals surface area (Å²) in [4.78, 5) is 10.8. The van der Waals surface area contributed by atoms with Crippen LogP contribution in [0.5, 0.6) is 0 Å². The van der Waals surface area contributed by atoms with Gasteiger partial charge in [-0.05, 0) is 6.42 Å². The van der Waals surface area contributed by atoms with E-state index in [0.717, 1.165) is 19.3 Å². The van der Waals surface area contributed by atoms with Gasteiger partial charge in [0.25, 0.3) is 0 Å². The van der Waals surface area contributed by atoms with Crippen LogP contribution in [-0.2, 0) is 14.3 Å². The molecule has 0 fully saturated rings. The molecule has 0 spiro atoms. The van der Waals surface area contributed by atoms with Crippen molar-refractivity contribution in [1.29, 1.82) is 0 Å². The zero-order valence-electron chi connectivity index (χ0n) is 8.13. The van der Waals surface area contributed by atoms with E-state index < -0.39 is 0 Å². The quantitative estimate of drug-likeness (QED) is 0.575. The summed E-state index contributed by atoms with van der Waals surface area (Å²) >= 11 is 0. The van der Waals surface area contributed by atoms with Gasteiger partial charge in [0.15, 0.2) is 0 Å². The van der Waals surface area contributed by atoms with E-state index in [9.17, 15) is 4.79 Å². The predicted molar refractivity (Wildman–Crippen MR) is 47.0 cm³/mol. The lowest BCUT2D eigenvalue weighted by atomic mass is 10.1. The third-order valence-electron chi connectivity index (χ3n) is 1.83. The van der Waals surface area contributed by atoms with Gasteiger partial charge in [0.1, 0.15) is 0 Å². The molecule has 0 amide bonds. The Bertz CT molecular complexity index is 123. The summed E-state index contributed by atoms with van der Waals surface area (Å²) in [6, 6.07) is 0. The summed E-state index contributed by atoms with van der Waals surface area (Å²) in [5.74, 6) is -0.196. The zero-order valence-corrected chi connectivity index (χ0v) is 8.13. The molecular weight excluding hydrogens is 156 g/mol. The third kappa shape index (κ3) is 5.13. The number of carbonyl (C=O) groups excluding carboxylic acids is 1. The Hall–Kier alpha value is -0.570. The van der Waals surface area contributed by atoms with Crippen LogP contribution in [0.3, 0.4) is 0 Å². The monoisotopic (exact) mass is 174 g/mol. The first-order chi connectivity index (χ1) is 5.74. The zero-order chi connectivity index (χ0) is 9.40. The number of ether oxygens (including phenoxy) is 2. The van der Waals surface area contributed by atoms with E-state index in [1.807, 2.05) is 0 Å². The fraction of sp³-hybridized carbons (Fsp3) is 0.889. The molecule has 3 nitrogen and oxygen atoms in total. The average molecular weight is 174 g/mol. The molecule has 0 bridgehead atoms. The minimum Gasteiger partial charge on any atom is -0.469 e. The molecule has 0 aromatic carbocycles. The molecule has 0 aliphatic carbocycles. The van der Waals surface area contributed by atoms with Crippen LogP contribution in [0.4, 0.5) is 0 Å². The summed E-state index contributed by atoms with van der Waals surface area (Å²) in [6.45, 7) is 2.12. The molecule has 1 atom stereocenters. The highest BCUT2D eigenvalue weighted by atomic mass is 16.5. The molecule has 72 valence electrons. The number of carbonyl (C=O) groups is 1. The number of hydrogen-bond acceptors (Lipinski definition) is 3. The van der Waals surface area contributed by atoms with Gasteiger partial charge in [-0.3, -0.25) is 4.79 Å². The molecule has 0 saturated carbocycles. The lowest BCUT2D eigenvalue weighted by molar-refractivity contribution is -0.143. The maximum absolute atomic E-state index is 10.8. The van der Waals surface area contributed by atoms with Gasteiger partial charge >= 0.3 is 5.97 Å². The smallest absolute Gasteiger partial charge is 0.308 e. The van der Waals surface area contributed by atoms with Crippen LogP contribution in [0.25, 0.3) is 0 Å². The highest BCUT2D eigenvalue weighted by Crippen LogP contribution is 2.08. The maximum Gasteiger partial charge on any atom is 0.308 e. The van der Waals surface area contributed by atoms with Crippen LogP contribution in [0.15, 0.2) is 0 Å². The number of esters is 1. The van der Waals surface area contributed by atoms with Crippen molar-refractivity contribution in [2.75, 3.05) is 14.2 Å². The van der Waals surface area contributed by atoms with Crippen molar-refractivity contribution in [1.82, 2.24) is 0 Å². The molecule has 0 heterocycles. The standard InChI is InChI=1S/C9H18O3/c1-4-5-6-8(11-2)7-9(10)12-3/h8H,4-7H2,1-3H3. The molecule has 0 radical (unpaired) electrons. The van der Waals surface area contributed by atoms with Crippen molar-refractivity contribution in [3.8, 4) is 0 Å². The van der Waals surface area contributed by atoms with E-state index >= 15 is 0 Å². The van der Waals surface area contributed by atoms with E-state index in [4.69, 9.17) is 4.74 Å². The summed E-state index contributed by atoms with van der Waals surface area (Å²) in [6.07, 6.45) is 3.54. The number of methoxy groups -OCH3 is 2. The van der Waals surface area contributed by atoms with Crippen LogP contribution in [-0.4, -0.2) is 26.3 Å². The molecule has 0 rings (SSSR count). The molecular formula is C9H18O3. The Balaban J connectivity index is 3.59. The number of rotatable bonds is 6. The van der Waals surface area contributed by atoms with Crippen LogP contribution < -0.4 is 0 Å². The van der Waals surface area contributed by atoms with Crippen molar-refractivity contribution < 1.29 is 14.3 Å². The first-order valence-corrected chi connectivity index (χ1v) is 4.34. The van der Waals surface area contributed by atoms with Crippen LogP contribution in [0.2, 0.25) is 0 Å². The minimum atomic E-state index is -0.196. The van der Waals surface area contributed by atoms with Gasteiger partial charge in [-0.2, -0.15) is 0 Å². The number of unbranched alkanes of at least 4 members (excludes halogenated alkanes) is 1. The van der Waals surface area contributed by atoms with Gasteiger partial charge in [-0.1, -0.05) is 19.8 Å². The number of hydrogen-bond donors (Lipinski definition) is 0. The fourth-order valence-corrected chi connectivity index (χ4v) is 1.00. The molecule has 12 heavy (non-hydrogen) atoms. The first-order valence-electron chi connectivity index (χ1n) is 4.34. The SMILES string of the molecule is CCCCC(CC(=O)OC)OC. The largest absolute Gasteiger partial charge is 0.469 e. The Morgan fingerprint density at radius 2 is 2.08 bits per heavy atom. The van der Waals surface area contributed by atoms with Crippen molar-refractivity contribution in [2.45, 2.75) is 38.7 Å². The van der Waals surface area contributed by atoms with E-state index in [2.05, 4.69) is 11.7 Å². The highest BCUT2D eigenvalue weighted by Gasteiger charge is 2.12. The molecule has 0 aliphatic rings. The second-order valence-electron chi connectivity index (χ2n) is 2.78. The summed E-state index contributed by atoms with van der Waals surface area (Å²) in [5.41, 5.74) is 0. The molecule has 0 saturated heterocycles. The van der Waals surface area contributed by atoms with Crippen LogP contribution in [0.1, 0.15) is 32.6 Å². The van der Waals surface area contributed by atoms with Gasteiger partial charge < -0.3 is 9.47 Å².